The van der Waals surface area contributed by atoms with E-state index >= 15 is 0 Å². The van der Waals surface area contributed by atoms with E-state index in [2.05, 4.69) is 50.8 Å². The zero-order chi connectivity index (χ0) is 20.2. The molecule has 0 spiro atoms. The number of guanidine groups is 1. The third-order valence-corrected chi connectivity index (χ3v) is 5.85. The van der Waals surface area contributed by atoms with Crippen LogP contribution in [0.15, 0.2) is 17.4 Å². The highest BCUT2D eigenvalue weighted by atomic mass is 127. The highest BCUT2D eigenvalue weighted by Gasteiger charge is 2.26. The number of aliphatic imine (C=N–C) groups is 1. The summed E-state index contributed by atoms with van der Waals surface area (Å²) in [6.45, 7) is 13.3. The Labute approximate surface area is 194 Å². The molecular formula is C21H41IN6O. The minimum absolute atomic E-state index is 0. The summed E-state index contributed by atoms with van der Waals surface area (Å²) < 4.78 is 7.75. The Bertz CT molecular complexity index is 569. The van der Waals surface area contributed by atoms with Crippen molar-refractivity contribution in [3.05, 3.63) is 18.2 Å². The van der Waals surface area contributed by atoms with E-state index in [0.29, 0.717) is 12.0 Å². The van der Waals surface area contributed by atoms with Gasteiger partial charge in [-0.05, 0) is 25.7 Å². The lowest BCUT2D eigenvalue weighted by molar-refractivity contribution is 0.00272. The van der Waals surface area contributed by atoms with Crippen LogP contribution in [0.1, 0.15) is 45.4 Å². The van der Waals surface area contributed by atoms with Crippen molar-refractivity contribution in [3.63, 3.8) is 0 Å². The highest BCUT2D eigenvalue weighted by Crippen LogP contribution is 2.19. The first-order chi connectivity index (χ1) is 13.7. The van der Waals surface area contributed by atoms with Crippen LogP contribution in [0.25, 0.3) is 0 Å². The van der Waals surface area contributed by atoms with E-state index in [1.807, 2.05) is 19.4 Å². The summed E-state index contributed by atoms with van der Waals surface area (Å²) >= 11 is 0. The zero-order valence-electron chi connectivity index (χ0n) is 18.7. The number of hydrogen-bond donors (Lipinski definition) is 2. The second-order valence-electron chi connectivity index (χ2n) is 7.55. The number of morpholine rings is 1. The predicted molar refractivity (Wildman–Crippen MR) is 131 cm³/mol. The molecule has 0 aromatic carbocycles. The monoisotopic (exact) mass is 520 g/mol. The van der Waals surface area contributed by atoms with Gasteiger partial charge in [0.25, 0.3) is 0 Å². The number of aromatic nitrogens is 2. The van der Waals surface area contributed by atoms with Crippen LogP contribution in [0.3, 0.4) is 0 Å². The van der Waals surface area contributed by atoms with E-state index in [0.717, 1.165) is 70.6 Å². The van der Waals surface area contributed by atoms with Gasteiger partial charge in [-0.25, -0.2) is 4.98 Å². The molecule has 0 bridgehead atoms. The van der Waals surface area contributed by atoms with Crippen molar-refractivity contribution < 1.29 is 4.74 Å². The van der Waals surface area contributed by atoms with Gasteiger partial charge in [0.15, 0.2) is 5.96 Å². The average molecular weight is 521 g/mol. The Kier molecular flexibility index (Phi) is 13.5. The zero-order valence-corrected chi connectivity index (χ0v) is 21.0. The van der Waals surface area contributed by atoms with Gasteiger partial charge in [0.2, 0.25) is 0 Å². The van der Waals surface area contributed by atoms with Gasteiger partial charge in [0.05, 0.1) is 13.2 Å². The molecule has 1 fully saturated rings. The molecule has 1 unspecified atom stereocenters. The summed E-state index contributed by atoms with van der Waals surface area (Å²) in [5, 5.41) is 7.04. The molecule has 0 aliphatic carbocycles. The number of rotatable bonds is 11. The molecule has 29 heavy (non-hydrogen) atoms. The Morgan fingerprint density at radius 2 is 1.93 bits per heavy atom. The average Bonchev–Trinajstić information content (AvgIpc) is 3.14. The number of aryl methyl sites for hydroxylation is 2. The molecule has 2 N–H and O–H groups in total. The second kappa shape index (κ2) is 15.0. The smallest absolute Gasteiger partial charge is 0.191 e. The quantitative estimate of drug-likeness (QED) is 0.203. The van der Waals surface area contributed by atoms with Gasteiger partial charge in [0.1, 0.15) is 5.82 Å². The van der Waals surface area contributed by atoms with Crippen LogP contribution in [0.2, 0.25) is 0 Å². The van der Waals surface area contributed by atoms with Crippen LogP contribution < -0.4 is 10.6 Å². The lowest BCUT2D eigenvalue weighted by Crippen LogP contribution is -2.53. The second-order valence-corrected chi connectivity index (χ2v) is 7.55. The maximum atomic E-state index is 5.55. The van der Waals surface area contributed by atoms with Crippen molar-refractivity contribution in [2.45, 2.75) is 59.0 Å². The lowest BCUT2D eigenvalue weighted by atomic mass is 9.92. The first-order valence-corrected chi connectivity index (χ1v) is 10.9. The number of nitrogens with zero attached hydrogens (tertiary/aromatic N) is 4. The Morgan fingerprint density at radius 3 is 2.52 bits per heavy atom. The molecular weight excluding hydrogens is 479 g/mol. The minimum atomic E-state index is 0. The standard InChI is InChI=1S/C21H40N6O.HI/c1-5-19(6-2)20(27-13-15-28-16-14-27)17-25-21(22-4)24-9-7-8-11-26-12-10-23-18(26)3;/h10,12,19-20H,5-9,11,13-17H2,1-4H3,(H2,22,24,25);1H. The maximum absolute atomic E-state index is 5.55. The van der Waals surface area contributed by atoms with Gasteiger partial charge in [0, 0.05) is 58.2 Å². The number of imidazole rings is 1. The Hall–Kier alpha value is -0.870. The number of halogens is 1. The van der Waals surface area contributed by atoms with E-state index in [1.54, 1.807) is 0 Å². The van der Waals surface area contributed by atoms with Gasteiger partial charge in [-0.15, -0.1) is 24.0 Å². The summed E-state index contributed by atoms with van der Waals surface area (Å²) in [4.78, 5) is 11.3. The summed E-state index contributed by atoms with van der Waals surface area (Å²) in [7, 11) is 1.85. The third kappa shape index (κ3) is 8.80. The van der Waals surface area contributed by atoms with E-state index in [9.17, 15) is 0 Å². The van der Waals surface area contributed by atoms with E-state index in [1.165, 1.54) is 12.8 Å². The highest BCUT2D eigenvalue weighted by molar-refractivity contribution is 14.0. The molecule has 0 radical (unpaired) electrons. The Balaban J connectivity index is 0.00000420. The molecule has 1 aromatic rings. The van der Waals surface area contributed by atoms with E-state index in [-0.39, 0.29) is 24.0 Å². The van der Waals surface area contributed by atoms with Crippen LogP contribution in [0, 0.1) is 12.8 Å². The van der Waals surface area contributed by atoms with Crippen LogP contribution in [0.5, 0.6) is 0 Å². The van der Waals surface area contributed by atoms with Crippen LogP contribution >= 0.6 is 24.0 Å². The molecule has 1 aliphatic rings. The molecule has 2 rings (SSSR count). The van der Waals surface area contributed by atoms with Crippen LogP contribution in [-0.2, 0) is 11.3 Å². The summed E-state index contributed by atoms with van der Waals surface area (Å²) in [5.74, 6) is 2.69. The van der Waals surface area contributed by atoms with Gasteiger partial charge in [-0.3, -0.25) is 9.89 Å². The van der Waals surface area contributed by atoms with Gasteiger partial charge in [-0.2, -0.15) is 0 Å². The normalized spacial score (nSPS) is 16.5. The number of ether oxygens (including phenoxy) is 1. The largest absolute Gasteiger partial charge is 0.379 e. The topological polar surface area (TPSA) is 66.7 Å². The first-order valence-electron chi connectivity index (χ1n) is 10.9. The van der Waals surface area contributed by atoms with Crippen molar-refractivity contribution in [2.24, 2.45) is 10.9 Å². The molecule has 1 aromatic heterocycles. The molecule has 7 nitrogen and oxygen atoms in total. The maximum Gasteiger partial charge on any atom is 0.191 e. The Morgan fingerprint density at radius 1 is 1.21 bits per heavy atom. The van der Waals surface area contributed by atoms with Crippen molar-refractivity contribution in [1.82, 2.24) is 25.1 Å². The number of unbranched alkanes of at least 4 members (excludes halogenated alkanes) is 1. The molecule has 168 valence electrons. The fraction of sp³-hybridized carbons (Fsp3) is 0.810. The molecule has 8 heteroatoms. The molecule has 0 amide bonds. The molecule has 0 saturated carbocycles. The van der Waals surface area contributed by atoms with Gasteiger partial charge < -0.3 is 19.9 Å². The van der Waals surface area contributed by atoms with E-state index in [4.69, 9.17) is 4.74 Å². The number of nitrogens with one attached hydrogen (secondary N) is 2. The van der Waals surface area contributed by atoms with Crippen LogP contribution in [-0.4, -0.2) is 72.9 Å². The van der Waals surface area contributed by atoms with Gasteiger partial charge in [-0.1, -0.05) is 26.7 Å². The fourth-order valence-electron chi connectivity index (χ4n) is 4.01. The minimum Gasteiger partial charge on any atom is -0.379 e. The third-order valence-electron chi connectivity index (χ3n) is 5.85. The molecule has 1 saturated heterocycles. The lowest BCUT2D eigenvalue weighted by Gasteiger charge is -2.39. The summed E-state index contributed by atoms with van der Waals surface area (Å²) in [6.07, 6.45) is 8.57. The van der Waals surface area contributed by atoms with Crippen molar-refractivity contribution in [1.29, 1.82) is 0 Å². The molecule has 1 aliphatic heterocycles. The van der Waals surface area contributed by atoms with Crippen molar-refractivity contribution in [2.75, 3.05) is 46.4 Å². The molecule has 1 atom stereocenters. The van der Waals surface area contributed by atoms with Crippen molar-refractivity contribution >= 4 is 29.9 Å². The first kappa shape index (κ1) is 26.2. The van der Waals surface area contributed by atoms with Crippen LogP contribution in [0.4, 0.5) is 0 Å². The summed E-state index contributed by atoms with van der Waals surface area (Å²) in [5.41, 5.74) is 0. The SMILES string of the molecule is CCC(CC)C(CNC(=NC)NCCCCn1ccnc1C)N1CCOCC1.I. The summed E-state index contributed by atoms with van der Waals surface area (Å²) in [6, 6.07) is 0.529. The molecule has 2 heterocycles. The van der Waals surface area contributed by atoms with Gasteiger partial charge >= 0.3 is 0 Å². The number of hydrogen-bond acceptors (Lipinski definition) is 4. The van der Waals surface area contributed by atoms with E-state index < -0.39 is 0 Å². The van der Waals surface area contributed by atoms with Crippen molar-refractivity contribution in [3.8, 4) is 0 Å². The fourth-order valence-corrected chi connectivity index (χ4v) is 4.01. The predicted octanol–water partition coefficient (Wildman–Crippen LogP) is 2.89.